The molecule has 1 heterocycles. The number of ether oxygens (including phenoxy) is 1. The third-order valence-corrected chi connectivity index (χ3v) is 6.53. The van der Waals surface area contributed by atoms with Crippen LogP contribution >= 0.6 is 11.3 Å². The van der Waals surface area contributed by atoms with Gasteiger partial charge < -0.3 is 20.5 Å². The molecule has 176 valence electrons. The molecule has 3 N–H and O–H groups in total. The summed E-state index contributed by atoms with van der Waals surface area (Å²) < 4.78 is 5.48. The molecule has 34 heavy (non-hydrogen) atoms. The van der Waals surface area contributed by atoms with E-state index < -0.39 is 12.1 Å². The molecule has 2 amide bonds. The zero-order chi connectivity index (χ0) is 23.9. The minimum absolute atomic E-state index is 0.00772. The summed E-state index contributed by atoms with van der Waals surface area (Å²) in [6, 6.07) is 16.3. The fourth-order valence-corrected chi connectivity index (χ4v) is 4.78. The van der Waals surface area contributed by atoms with Crippen molar-refractivity contribution in [1.29, 1.82) is 0 Å². The van der Waals surface area contributed by atoms with E-state index in [1.807, 2.05) is 24.3 Å². The molecule has 0 radical (unpaired) electrons. The Hall–Kier alpha value is -3.72. The number of carboxylic acid groups (broad SMARTS) is 1. The summed E-state index contributed by atoms with van der Waals surface area (Å²) in [6.45, 7) is 0.963. The highest BCUT2D eigenvalue weighted by Gasteiger charge is 2.28. The van der Waals surface area contributed by atoms with Crippen molar-refractivity contribution in [1.82, 2.24) is 15.6 Å². The van der Waals surface area contributed by atoms with Gasteiger partial charge in [0, 0.05) is 37.2 Å². The summed E-state index contributed by atoms with van der Waals surface area (Å²) in [5.41, 5.74) is 4.69. The van der Waals surface area contributed by atoms with Crippen molar-refractivity contribution >= 4 is 29.3 Å². The van der Waals surface area contributed by atoms with Gasteiger partial charge in [-0.15, -0.1) is 11.3 Å². The number of aromatic nitrogens is 1. The largest absolute Gasteiger partial charge is 0.476 e. The Morgan fingerprint density at radius 2 is 1.65 bits per heavy atom. The van der Waals surface area contributed by atoms with E-state index in [4.69, 9.17) is 9.84 Å². The average Bonchev–Trinajstić information content (AvgIpc) is 3.44. The summed E-state index contributed by atoms with van der Waals surface area (Å²) in [5.74, 6) is -1.19. The molecule has 0 unspecified atom stereocenters. The summed E-state index contributed by atoms with van der Waals surface area (Å²) >= 11 is 1.26. The van der Waals surface area contributed by atoms with Crippen LogP contribution in [-0.4, -0.2) is 47.8 Å². The number of amides is 2. The standard InChI is InChI=1S/C25H25N3O5S/c29-22(26-13-11-23-28-21(15-34-23)24(30)31)10-5-12-27-25(32)33-14-20-18-8-3-1-6-16(18)17-7-2-4-9-19(17)20/h1-4,6-9,15,20H,5,10-14H2,(H,26,29)(H,27,32)(H,30,31). The maximum Gasteiger partial charge on any atom is 0.407 e. The molecule has 1 aromatic heterocycles. The van der Waals surface area contributed by atoms with E-state index >= 15 is 0 Å². The summed E-state index contributed by atoms with van der Waals surface area (Å²) in [5, 5.41) is 16.5. The molecule has 8 nitrogen and oxygen atoms in total. The lowest BCUT2D eigenvalue weighted by Gasteiger charge is -2.14. The van der Waals surface area contributed by atoms with E-state index in [0.29, 0.717) is 30.9 Å². The molecule has 0 aliphatic heterocycles. The van der Waals surface area contributed by atoms with Gasteiger partial charge in [0.15, 0.2) is 5.69 Å². The summed E-state index contributed by atoms with van der Waals surface area (Å²) in [4.78, 5) is 38.9. The van der Waals surface area contributed by atoms with Crippen LogP contribution in [0.2, 0.25) is 0 Å². The smallest absolute Gasteiger partial charge is 0.407 e. The van der Waals surface area contributed by atoms with Crippen LogP contribution in [0.5, 0.6) is 0 Å². The number of carbonyl (C=O) groups is 3. The molecule has 1 aliphatic carbocycles. The molecule has 0 spiro atoms. The van der Waals surface area contributed by atoms with Crippen LogP contribution < -0.4 is 10.6 Å². The van der Waals surface area contributed by atoms with Crippen molar-refractivity contribution < 1.29 is 24.2 Å². The molecular formula is C25H25N3O5S. The molecule has 3 aromatic rings. The van der Waals surface area contributed by atoms with Gasteiger partial charge >= 0.3 is 12.1 Å². The van der Waals surface area contributed by atoms with Crippen LogP contribution in [0, 0.1) is 0 Å². The minimum Gasteiger partial charge on any atom is -0.476 e. The number of hydrogen-bond donors (Lipinski definition) is 3. The first-order chi connectivity index (χ1) is 16.5. The number of nitrogens with one attached hydrogen (secondary N) is 2. The Bertz CT molecular complexity index is 1150. The molecule has 2 aromatic carbocycles. The number of fused-ring (bicyclic) bond motifs is 3. The van der Waals surface area contributed by atoms with Crippen molar-refractivity contribution in [2.45, 2.75) is 25.2 Å². The number of carboxylic acids is 1. The van der Waals surface area contributed by atoms with Gasteiger partial charge in [0.05, 0.1) is 5.01 Å². The molecule has 0 saturated heterocycles. The molecular weight excluding hydrogens is 454 g/mol. The molecule has 0 saturated carbocycles. The van der Waals surface area contributed by atoms with Gasteiger partial charge in [-0.1, -0.05) is 48.5 Å². The summed E-state index contributed by atoms with van der Waals surface area (Å²) in [7, 11) is 0. The second kappa shape index (κ2) is 10.9. The van der Waals surface area contributed by atoms with Gasteiger partial charge in [0.25, 0.3) is 0 Å². The van der Waals surface area contributed by atoms with Crippen molar-refractivity contribution in [3.8, 4) is 11.1 Å². The zero-order valence-corrected chi connectivity index (χ0v) is 19.3. The molecule has 4 rings (SSSR count). The van der Waals surface area contributed by atoms with Crippen LogP contribution in [-0.2, 0) is 16.0 Å². The normalized spacial score (nSPS) is 12.0. The lowest BCUT2D eigenvalue weighted by molar-refractivity contribution is -0.121. The van der Waals surface area contributed by atoms with Crippen LogP contribution in [0.3, 0.4) is 0 Å². The number of alkyl carbamates (subject to hydrolysis) is 1. The number of nitrogens with zero attached hydrogens (tertiary/aromatic N) is 1. The van der Waals surface area contributed by atoms with Crippen molar-refractivity contribution in [2.24, 2.45) is 0 Å². The SMILES string of the molecule is O=C(CCCNC(=O)OCC1c2ccccc2-c2ccccc21)NCCc1nc(C(=O)O)cs1. The fourth-order valence-electron chi connectivity index (χ4n) is 4.01. The van der Waals surface area contributed by atoms with E-state index in [9.17, 15) is 14.4 Å². The van der Waals surface area contributed by atoms with Gasteiger partial charge in [0.1, 0.15) is 6.61 Å². The van der Waals surface area contributed by atoms with E-state index in [0.717, 1.165) is 11.1 Å². The van der Waals surface area contributed by atoms with Gasteiger partial charge in [-0.25, -0.2) is 14.6 Å². The second-order valence-electron chi connectivity index (χ2n) is 7.89. The Kier molecular flexibility index (Phi) is 7.54. The Balaban J connectivity index is 1.13. The predicted molar refractivity (Wildman–Crippen MR) is 128 cm³/mol. The number of aromatic carboxylic acids is 1. The molecule has 1 aliphatic rings. The van der Waals surface area contributed by atoms with E-state index in [2.05, 4.69) is 39.9 Å². The van der Waals surface area contributed by atoms with Gasteiger partial charge in [-0.05, 0) is 28.7 Å². The van der Waals surface area contributed by atoms with Crippen molar-refractivity contribution in [3.63, 3.8) is 0 Å². The Morgan fingerprint density at radius 3 is 2.29 bits per heavy atom. The maximum atomic E-state index is 12.2. The minimum atomic E-state index is -1.06. The fraction of sp³-hybridized carbons (Fsp3) is 0.280. The van der Waals surface area contributed by atoms with E-state index in [1.54, 1.807) is 0 Å². The van der Waals surface area contributed by atoms with E-state index in [1.165, 1.54) is 27.8 Å². The maximum absolute atomic E-state index is 12.2. The van der Waals surface area contributed by atoms with Crippen molar-refractivity contribution in [2.75, 3.05) is 19.7 Å². The highest BCUT2D eigenvalue weighted by Crippen LogP contribution is 2.44. The molecule has 0 bridgehead atoms. The number of benzene rings is 2. The third-order valence-electron chi connectivity index (χ3n) is 5.63. The lowest BCUT2D eigenvalue weighted by Crippen LogP contribution is -2.29. The number of rotatable bonds is 10. The number of carbonyl (C=O) groups excluding carboxylic acids is 2. The highest BCUT2D eigenvalue weighted by molar-refractivity contribution is 7.09. The van der Waals surface area contributed by atoms with Crippen LogP contribution in [0.25, 0.3) is 11.1 Å². The third kappa shape index (κ3) is 5.60. The second-order valence-corrected chi connectivity index (χ2v) is 8.83. The van der Waals surface area contributed by atoms with Crippen LogP contribution in [0.15, 0.2) is 53.9 Å². The number of thiazole rings is 1. The van der Waals surface area contributed by atoms with Gasteiger partial charge in [-0.2, -0.15) is 0 Å². The van der Waals surface area contributed by atoms with Crippen LogP contribution in [0.1, 0.15) is 45.4 Å². The molecule has 0 fully saturated rings. The number of hydrogen-bond acceptors (Lipinski definition) is 6. The Morgan fingerprint density at radius 1 is 0.971 bits per heavy atom. The molecule has 9 heteroatoms. The first-order valence-corrected chi connectivity index (χ1v) is 11.9. The zero-order valence-electron chi connectivity index (χ0n) is 18.5. The first kappa shape index (κ1) is 23.4. The first-order valence-electron chi connectivity index (χ1n) is 11.1. The van der Waals surface area contributed by atoms with Crippen LogP contribution in [0.4, 0.5) is 4.79 Å². The van der Waals surface area contributed by atoms with Gasteiger partial charge in [0.2, 0.25) is 5.91 Å². The quantitative estimate of drug-likeness (QED) is 0.381. The predicted octanol–water partition coefficient (Wildman–Crippen LogP) is 3.82. The average molecular weight is 480 g/mol. The topological polar surface area (TPSA) is 118 Å². The van der Waals surface area contributed by atoms with Gasteiger partial charge in [-0.3, -0.25) is 4.79 Å². The van der Waals surface area contributed by atoms with Crippen molar-refractivity contribution in [3.05, 3.63) is 75.7 Å². The summed E-state index contributed by atoms with van der Waals surface area (Å²) in [6.07, 6.45) is 0.723. The highest BCUT2D eigenvalue weighted by atomic mass is 32.1. The Labute approximate surface area is 201 Å². The monoisotopic (exact) mass is 479 g/mol. The lowest BCUT2D eigenvalue weighted by atomic mass is 9.98. The molecule has 0 atom stereocenters. The van der Waals surface area contributed by atoms with E-state index in [-0.39, 0.29) is 30.5 Å².